The number of aromatic nitrogens is 4. The van der Waals surface area contributed by atoms with E-state index in [1.54, 1.807) is 7.11 Å². The van der Waals surface area contributed by atoms with E-state index in [0.717, 1.165) is 16.9 Å². The van der Waals surface area contributed by atoms with E-state index < -0.39 is 0 Å². The van der Waals surface area contributed by atoms with Crippen molar-refractivity contribution < 1.29 is 4.74 Å². The Morgan fingerprint density at radius 1 is 1.00 bits per heavy atom. The number of benzene rings is 2. The van der Waals surface area contributed by atoms with Gasteiger partial charge >= 0.3 is 5.56 Å². The lowest BCUT2D eigenvalue weighted by atomic mass is 10.2. The molecule has 0 aliphatic heterocycles. The normalized spacial score (nSPS) is 11.3. The molecule has 0 spiro atoms. The number of hydrogen-bond donors (Lipinski definition) is 0. The van der Waals surface area contributed by atoms with Gasteiger partial charge in [-0.15, -0.1) is 10.2 Å². The first-order chi connectivity index (χ1) is 12.8. The number of nitrogens with zero attached hydrogens (tertiary/aromatic N) is 4. The molecule has 0 bridgehead atoms. The van der Waals surface area contributed by atoms with E-state index in [4.69, 9.17) is 4.74 Å². The molecular formula is C19H14N4O2S. The Hall–Kier alpha value is -3.32. The molecule has 2 aromatic heterocycles. The highest BCUT2D eigenvalue weighted by Crippen LogP contribution is 2.21. The second-order valence-electron chi connectivity index (χ2n) is 5.43. The van der Waals surface area contributed by atoms with Crippen LogP contribution in [0.15, 0.2) is 59.4 Å². The molecule has 0 aliphatic rings. The standard InChI is InChI=1S/C19H14N4O2S/c1-25-15-10-6-5-7-13(15)11-12-16-22-23-18(24)17(20-21-19(23)26-16)14-8-3-2-4-9-14/h2-12H,1H3. The monoisotopic (exact) mass is 362 g/mol. The summed E-state index contributed by atoms with van der Waals surface area (Å²) >= 11 is 1.30. The summed E-state index contributed by atoms with van der Waals surface area (Å²) in [5.41, 5.74) is 1.65. The molecule has 7 heteroatoms. The maximum absolute atomic E-state index is 12.7. The van der Waals surface area contributed by atoms with Gasteiger partial charge < -0.3 is 4.74 Å². The van der Waals surface area contributed by atoms with Crippen molar-refractivity contribution in [3.8, 4) is 17.0 Å². The van der Waals surface area contributed by atoms with Gasteiger partial charge in [0, 0.05) is 11.1 Å². The van der Waals surface area contributed by atoms with E-state index in [1.807, 2.05) is 66.7 Å². The van der Waals surface area contributed by atoms with Crippen LogP contribution in [0.4, 0.5) is 0 Å². The highest BCUT2D eigenvalue weighted by Gasteiger charge is 2.12. The van der Waals surface area contributed by atoms with Gasteiger partial charge in [0.15, 0.2) is 5.69 Å². The van der Waals surface area contributed by atoms with Gasteiger partial charge in [0.2, 0.25) is 4.96 Å². The van der Waals surface area contributed by atoms with Crippen molar-refractivity contribution in [3.63, 3.8) is 0 Å². The predicted molar refractivity (Wildman–Crippen MR) is 102 cm³/mol. The first-order valence-electron chi connectivity index (χ1n) is 7.89. The van der Waals surface area contributed by atoms with Gasteiger partial charge in [-0.05, 0) is 18.2 Å². The molecule has 2 aromatic carbocycles. The van der Waals surface area contributed by atoms with Crippen molar-refractivity contribution in [2.45, 2.75) is 0 Å². The number of methoxy groups -OCH3 is 1. The minimum absolute atomic E-state index is 0.283. The van der Waals surface area contributed by atoms with Crippen LogP contribution in [0.2, 0.25) is 0 Å². The molecule has 0 aliphatic carbocycles. The first-order valence-corrected chi connectivity index (χ1v) is 8.71. The summed E-state index contributed by atoms with van der Waals surface area (Å²) in [7, 11) is 1.63. The SMILES string of the molecule is COc1ccccc1C=Cc1nn2c(=O)c(-c3ccccc3)nnc2s1. The van der Waals surface area contributed by atoms with Crippen molar-refractivity contribution in [2.24, 2.45) is 0 Å². The van der Waals surface area contributed by atoms with Gasteiger partial charge in [-0.1, -0.05) is 59.9 Å². The van der Waals surface area contributed by atoms with Gasteiger partial charge in [-0.2, -0.15) is 9.61 Å². The van der Waals surface area contributed by atoms with Crippen molar-refractivity contribution in [2.75, 3.05) is 7.11 Å². The van der Waals surface area contributed by atoms with Crippen molar-refractivity contribution in [1.82, 2.24) is 19.8 Å². The third-order valence-electron chi connectivity index (χ3n) is 3.80. The molecular weight excluding hydrogens is 348 g/mol. The molecule has 0 fully saturated rings. The van der Waals surface area contributed by atoms with Crippen molar-refractivity contribution >= 4 is 28.4 Å². The fourth-order valence-electron chi connectivity index (χ4n) is 2.54. The van der Waals surface area contributed by atoms with Crippen LogP contribution < -0.4 is 10.3 Å². The smallest absolute Gasteiger partial charge is 0.302 e. The van der Waals surface area contributed by atoms with E-state index >= 15 is 0 Å². The average molecular weight is 362 g/mol. The molecule has 0 saturated carbocycles. The Bertz CT molecular complexity index is 1150. The first kappa shape index (κ1) is 16.2. The second kappa shape index (κ2) is 6.89. The molecule has 0 unspecified atom stereocenters. The van der Waals surface area contributed by atoms with E-state index in [9.17, 15) is 4.79 Å². The average Bonchev–Trinajstić information content (AvgIpc) is 3.12. The Kier molecular flexibility index (Phi) is 4.28. The fourth-order valence-corrected chi connectivity index (χ4v) is 3.28. The Balaban J connectivity index is 1.73. The Morgan fingerprint density at radius 3 is 2.58 bits per heavy atom. The van der Waals surface area contributed by atoms with Crippen LogP contribution >= 0.6 is 11.3 Å². The molecule has 2 heterocycles. The maximum Gasteiger partial charge on any atom is 0.302 e. The van der Waals surface area contributed by atoms with Gasteiger partial charge in [0.05, 0.1) is 7.11 Å². The molecule has 6 nitrogen and oxygen atoms in total. The van der Waals surface area contributed by atoms with Crippen LogP contribution in [-0.4, -0.2) is 26.9 Å². The molecule has 0 radical (unpaired) electrons. The van der Waals surface area contributed by atoms with E-state index in [2.05, 4.69) is 15.3 Å². The number of ether oxygens (including phenoxy) is 1. The summed E-state index contributed by atoms with van der Waals surface area (Å²) in [6, 6.07) is 16.9. The molecule has 0 atom stereocenters. The highest BCUT2D eigenvalue weighted by molar-refractivity contribution is 7.17. The summed E-state index contributed by atoms with van der Waals surface area (Å²) in [6.45, 7) is 0. The number of rotatable bonds is 4. The van der Waals surface area contributed by atoms with E-state index in [1.165, 1.54) is 15.9 Å². The number of para-hydroxylation sites is 1. The summed E-state index contributed by atoms with van der Waals surface area (Å²) in [4.78, 5) is 13.1. The van der Waals surface area contributed by atoms with E-state index in [0.29, 0.717) is 9.97 Å². The van der Waals surface area contributed by atoms with Crippen molar-refractivity contribution in [3.05, 3.63) is 75.5 Å². The maximum atomic E-state index is 12.7. The largest absolute Gasteiger partial charge is 0.496 e. The highest BCUT2D eigenvalue weighted by atomic mass is 32.1. The number of hydrogen-bond acceptors (Lipinski definition) is 6. The minimum Gasteiger partial charge on any atom is -0.496 e. The van der Waals surface area contributed by atoms with Crippen LogP contribution in [0.1, 0.15) is 10.6 Å². The third-order valence-corrected chi connectivity index (χ3v) is 4.66. The lowest BCUT2D eigenvalue weighted by Gasteiger charge is -2.02. The predicted octanol–water partition coefficient (Wildman–Crippen LogP) is 3.39. The van der Waals surface area contributed by atoms with Crippen LogP contribution in [0, 0.1) is 0 Å². The van der Waals surface area contributed by atoms with Gasteiger partial charge in [0.25, 0.3) is 0 Å². The topological polar surface area (TPSA) is 69.4 Å². The summed E-state index contributed by atoms with van der Waals surface area (Å²) < 4.78 is 6.62. The number of fused-ring (bicyclic) bond motifs is 1. The summed E-state index contributed by atoms with van der Waals surface area (Å²) in [6.07, 6.45) is 3.73. The molecule has 4 aromatic rings. The Labute approximate surface area is 153 Å². The molecule has 4 rings (SSSR count). The van der Waals surface area contributed by atoms with E-state index in [-0.39, 0.29) is 11.3 Å². The molecule has 0 saturated heterocycles. The van der Waals surface area contributed by atoms with Crippen LogP contribution in [-0.2, 0) is 0 Å². The molecule has 0 amide bonds. The van der Waals surface area contributed by atoms with Gasteiger partial charge in [-0.25, -0.2) is 0 Å². The minimum atomic E-state index is -0.283. The van der Waals surface area contributed by atoms with Gasteiger partial charge in [-0.3, -0.25) is 4.79 Å². The quantitative estimate of drug-likeness (QED) is 0.557. The fraction of sp³-hybridized carbons (Fsp3) is 0.0526. The van der Waals surface area contributed by atoms with Crippen molar-refractivity contribution in [1.29, 1.82) is 0 Å². The second-order valence-corrected chi connectivity index (χ2v) is 6.42. The van der Waals surface area contributed by atoms with Crippen LogP contribution in [0.25, 0.3) is 28.4 Å². The molecule has 128 valence electrons. The lowest BCUT2D eigenvalue weighted by Crippen LogP contribution is -2.19. The van der Waals surface area contributed by atoms with Crippen LogP contribution in [0.3, 0.4) is 0 Å². The Morgan fingerprint density at radius 2 is 1.77 bits per heavy atom. The molecule has 0 N–H and O–H groups in total. The van der Waals surface area contributed by atoms with Crippen LogP contribution in [0.5, 0.6) is 5.75 Å². The molecule has 26 heavy (non-hydrogen) atoms. The van der Waals surface area contributed by atoms with Gasteiger partial charge in [0.1, 0.15) is 10.8 Å². The zero-order valence-electron chi connectivity index (χ0n) is 13.9. The summed E-state index contributed by atoms with van der Waals surface area (Å²) in [5.74, 6) is 0.771. The lowest BCUT2D eigenvalue weighted by molar-refractivity contribution is 0.414. The zero-order chi connectivity index (χ0) is 17.9. The zero-order valence-corrected chi connectivity index (χ0v) is 14.7. The summed E-state index contributed by atoms with van der Waals surface area (Å²) in [5, 5.41) is 13.2. The third kappa shape index (κ3) is 3.00.